The molecule has 0 atom stereocenters. The molecule has 0 saturated heterocycles. The standard InChI is InChI=1S/C23H23N/c1-3-18-4-8-21(9-5-18)22-12-10-20(11-13-22)17(2)16-19-6-14-23(24)15-7-19/h4-16H,3,24H2,1-2H3/b17-16+. The van der Waals surface area contributed by atoms with Crippen molar-refractivity contribution in [2.24, 2.45) is 0 Å². The number of nitrogen functional groups attached to an aromatic ring is 1. The van der Waals surface area contributed by atoms with Gasteiger partial charge in [-0.05, 0) is 58.9 Å². The van der Waals surface area contributed by atoms with Gasteiger partial charge in [-0.25, -0.2) is 0 Å². The first kappa shape index (κ1) is 16.1. The Kier molecular flexibility index (Phi) is 4.81. The molecule has 0 bridgehead atoms. The molecule has 3 rings (SSSR count). The molecule has 1 nitrogen and oxygen atoms in total. The van der Waals surface area contributed by atoms with E-state index in [0.29, 0.717) is 0 Å². The SMILES string of the molecule is CCc1ccc(-c2ccc(/C(C)=C/c3ccc(N)cc3)cc2)cc1. The molecule has 0 fully saturated rings. The molecule has 0 aromatic heterocycles. The Balaban J connectivity index is 1.81. The molecule has 0 heterocycles. The Morgan fingerprint density at radius 2 is 1.33 bits per heavy atom. The van der Waals surface area contributed by atoms with Gasteiger partial charge in [0.1, 0.15) is 0 Å². The number of nitrogens with two attached hydrogens (primary N) is 1. The fourth-order valence-electron chi connectivity index (χ4n) is 2.78. The highest BCUT2D eigenvalue weighted by Crippen LogP contribution is 2.24. The van der Waals surface area contributed by atoms with Gasteiger partial charge in [0.2, 0.25) is 0 Å². The normalized spacial score (nSPS) is 11.5. The van der Waals surface area contributed by atoms with Gasteiger partial charge in [-0.3, -0.25) is 0 Å². The quantitative estimate of drug-likeness (QED) is 0.460. The van der Waals surface area contributed by atoms with Crippen LogP contribution >= 0.6 is 0 Å². The Labute approximate surface area is 144 Å². The van der Waals surface area contributed by atoms with Crippen molar-refractivity contribution in [3.63, 3.8) is 0 Å². The summed E-state index contributed by atoms with van der Waals surface area (Å²) in [6, 6.07) is 25.5. The molecule has 120 valence electrons. The number of rotatable bonds is 4. The summed E-state index contributed by atoms with van der Waals surface area (Å²) in [5.41, 5.74) is 14.1. The lowest BCUT2D eigenvalue weighted by Crippen LogP contribution is -1.85. The van der Waals surface area contributed by atoms with Crippen LogP contribution in [-0.2, 0) is 6.42 Å². The maximum atomic E-state index is 5.74. The second-order valence-corrected chi connectivity index (χ2v) is 6.12. The number of aryl methyl sites for hydroxylation is 1. The molecule has 0 saturated carbocycles. The molecule has 3 aromatic rings. The Hall–Kier alpha value is -2.80. The minimum atomic E-state index is 0.795. The molecule has 0 amide bonds. The zero-order valence-electron chi connectivity index (χ0n) is 14.3. The van der Waals surface area contributed by atoms with Crippen LogP contribution in [0.5, 0.6) is 0 Å². The first-order chi connectivity index (χ1) is 11.7. The lowest BCUT2D eigenvalue weighted by molar-refractivity contribution is 1.14. The molecule has 0 spiro atoms. The van der Waals surface area contributed by atoms with Gasteiger partial charge >= 0.3 is 0 Å². The van der Waals surface area contributed by atoms with Gasteiger partial charge < -0.3 is 5.73 Å². The van der Waals surface area contributed by atoms with Crippen molar-refractivity contribution in [2.75, 3.05) is 5.73 Å². The largest absolute Gasteiger partial charge is 0.399 e. The van der Waals surface area contributed by atoms with Crippen LogP contribution in [0.1, 0.15) is 30.5 Å². The van der Waals surface area contributed by atoms with E-state index in [1.54, 1.807) is 0 Å². The van der Waals surface area contributed by atoms with Crippen LogP contribution in [0.15, 0.2) is 72.8 Å². The number of benzene rings is 3. The highest BCUT2D eigenvalue weighted by molar-refractivity contribution is 5.81. The molecule has 0 radical (unpaired) electrons. The molecule has 24 heavy (non-hydrogen) atoms. The minimum absolute atomic E-state index is 0.795. The van der Waals surface area contributed by atoms with Gasteiger partial charge in [0, 0.05) is 5.69 Å². The molecule has 0 aliphatic rings. The number of anilines is 1. The van der Waals surface area contributed by atoms with Crippen LogP contribution in [-0.4, -0.2) is 0 Å². The van der Waals surface area contributed by atoms with E-state index in [4.69, 9.17) is 5.73 Å². The fourth-order valence-corrected chi connectivity index (χ4v) is 2.78. The molecule has 2 N–H and O–H groups in total. The van der Waals surface area contributed by atoms with E-state index in [-0.39, 0.29) is 0 Å². The molecule has 0 unspecified atom stereocenters. The van der Waals surface area contributed by atoms with Crippen molar-refractivity contribution < 1.29 is 0 Å². The van der Waals surface area contributed by atoms with E-state index in [0.717, 1.165) is 12.1 Å². The Morgan fingerprint density at radius 1 is 0.792 bits per heavy atom. The van der Waals surface area contributed by atoms with Crippen LogP contribution in [0.3, 0.4) is 0 Å². The summed E-state index contributed by atoms with van der Waals surface area (Å²) in [7, 11) is 0. The molecular weight excluding hydrogens is 290 g/mol. The summed E-state index contributed by atoms with van der Waals surface area (Å²) >= 11 is 0. The first-order valence-electron chi connectivity index (χ1n) is 8.39. The summed E-state index contributed by atoms with van der Waals surface area (Å²) in [6.07, 6.45) is 3.26. The van der Waals surface area contributed by atoms with Gasteiger partial charge in [-0.1, -0.05) is 73.7 Å². The average Bonchev–Trinajstić information content (AvgIpc) is 2.64. The van der Waals surface area contributed by atoms with Crippen LogP contribution in [0.25, 0.3) is 22.8 Å². The third-order valence-electron chi connectivity index (χ3n) is 4.36. The van der Waals surface area contributed by atoms with Gasteiger partial charge in [-0.15, -0.1) is 0 Å². The van der Waals surface area contributed by atoms with Crippen molar-refractivity contribution in [3.8, 4) is 11.1 Å². The first-order valence-corrected chi connectivity index (χ1v) is 8.39. The maximum Gasteiger partial charge on any atom is 0.0314 e. The van der Waals surface area contributed by atoms with Crippen molar-refractivity contribution in [1.82, 2.24) is 0 Å². The van der Waals surface area contributed by atoms with Gasteiger partial charge in [0.15, 0.2) is 0 Å². The van der Waals surface area contributed by atoms with Crippen LogP contribution in [0.4, 0.5) is 5.69 Å². The van der Waals surface area contributed by atoms with E-state index in [1.165, 1.54) is 33.4 Å². The lowest BCUT2D eigenvalue weighted by atomic mass is 9.99. The molecule has 3 aromatic carbocycles. The smallest absolute Gasteiger partial charge is 0.0314 e. The number of allylic oxidation sites excluding steroid dienone is 1. The van der Waals surface area contributed by atoms with E-state index in [1.807, 2.05) is 24.3 Å². The fraction of sp³-hybridized carbons (Fsp3) is 0.130. The third-order valence-corrected chi connectivity index (χ3v) is 4.36. The lowest BCUT2D eigenvalue weighted by Gasteiger charge is -2.06. The highest BCUT2D eigenvalue weighted by Gasteiger charge is 2.00. The monoisotopic (exact) mass is 313 g/mol. The van der Waals surface area contributed by atoms with Crippen LogP contribution in [0, 0.1) is 0 Å². The topological polar surface area (TPSA) is 26.0 Å². The number of hydrogen-bond donors (Lipinski definition) is 1. The Morgan fingerprint density at radius 3 is 1.88 bits per heavy atom. The zero-order valence-corrected chi connectivity index (χ0v) is 14.3. The van der Waals surface area contributed by atoms with Gasteiger partial charge in [0.05, 0.1) is 0 Å². The molecule has 1 heteroatoms. The summed E-state index contributed by atoms with van der Waals surface area (Å²) in [5, 5.41) is 0. The summed E-state index contributed by atoms with van der Waals surface area (Å²) in [4.78, 5) is 0. The van der Waals surface area contributed by atoms with Crippen molar-refractivity contribution in [2.45, 2.75) is 20.3 Å². The molecular formula is C23H23N. The van der Waals surface area contributed by atoms with Crippen molar-refractivity contribution in [1.29, 1.82) is 0 Å². The van der Waals surface area contributed by atoms with E-state index in [9.17, 15) is 0 Å². The van der Waals surface area contributed by atoms with Crippen LogP contribution < -0.4 is 5.73 Å². The second kappa shape index (κ2) is 7.18. The van der Waals surface area contributed by atoms with Crippen molar-refractivity contribution in [3.05, 3.63) is 89.5 Å². The van der Waals surface area contributed by atoms with E-state index < -0.39 is 0 Å². The third kappa shape index (κ3) is 3.75. The van der Waals surface area contributed by atoms with Crippen LogP contribution in [0.2, 0.25) is 0 Å². The van der Waals surface area contributed by atoms with Crippen molar-refractivity contribution >= 4 is 17.3 Å². The van der Waals surface area contributed by atoms with Gasteiger partial charge in [0.25, 0.3) is 0 Å². The summed E-state index contributed by atoms with van der Waals surface area (Å²) in [5.74, 6) is 0. The Bertz CT molecular complexity index is 823. The summed E-state index contributed by atoms with van der Waals surface area (Å²) < 4.78 is 0. The predicted molar refractivity (Wildman–Crippen MR) is 106 cm³/mol. The van der Waals surface area contributed by atoms with E-state index >= 15 is 0 Å². The molecule has 0 aliphatic carbocycles. The second-order valence-electron chi connectivity index (χ2n) is 6.12. The minimum Gasteiger partial charge on any atom is -0.399 e. The summed E-state index contributed by atoms with van der Waals surface area (Å²) in [6.45, 7) is 4.32. The predicted octanol–water partition coefficient (Wildman–Crippen LogP) is 6.06. The molecule has 0 aliphatic heterocycles. The van der Waals surface area contributed by atoms with E-state index in [2.05, 4.69) is 68.5 Å². The van der Waals surface area contributed by atoms with Gasteiger partial charge in [-0.2, -0.15) is 0 Å². The maximum absolute atomic E-state index is 5.74. The number of hydrogen-bond acceptors (Lipinski definition) is 1. The zero-order chi connectivity index (χ0) is 16.9. The highest BCUT2D eigenvalue weighted by atomic mass is 14.5. The average molecular weight is 313 g/mol.